The van der Waals surface area contributed by atoms with Crippen LogP contribution in [0.2, 0.25) is 0 Å². The van der Waals surface area contributed by atoms with Crippen molar-refractivity contribution in [3.8, 4) is 11.1 Å². The minimum absolute atomic E-state index is 0.689. The van der Waals surface area contributed by atoms with Crippen LogP contribution in [-0.4, -0.2) is 15.4 Å². The second kappa shape index (κ2) is 7.20. The molecule has 0 aliphatic rings. The summed E-state index contributed by atoms with van der Waals surface area (Å²) in [4.78, 5) is 5.30. The van der Waals surface area contributed by atoms with E-state index in [1.807, 2.05) is 54.7 Å². The Morgan fingerprint density at radius 1 is 0.913 bits per heavy atom. The first-order valence-corrected chi connectivity index (χ1v) is 8.96. The molecule has 3 rings (SSSR count). The maximum Gasteiger partial charge on any atom is 0.126 e. The number of aromatic nitrogens is 1. The molecule has 0 aliphatic carbocycles. The van der Waals surface area contributed by atoms with Crippen molar-refractivity contribution in [2.75, 3.05) is 11.6 Å². The molecule has 3 nitrogen and oxygen atoms in total. The highest BCUT2D eigenvalue weighted by atomic mass is 32.2. The van der Waals surface area contributed by atoms with Gasteiger partial charge in [-0.05, 0) is 35.4 Å². The fraction of sp³-hybridized carbons (Fsp3) is 0.105. The summed E-state index contributed by atoms with van der Waals surface area (Å²) in [7, 11) is -0.931. The van der Waals surface area contributed by atoms with Crippen molar-refractivity contribution in [1.82, 2.24) is 4.98 Å². The smallest absolute Gasteiger partial charge is 0.126 e. The van der Waals surface area contributed by atoms with E-state index in [0.717, 1.165) is 27.4 Å². The molecule has 0 amide bonds. The predicted molar refractivity (Wildman–Crippen MR) is 95.8 cm³/mol. The van der Waals surface area contributed by atoms with Crippen LogP contribution in [0.25, 0.3) is 11.1 Å². The topological polar surface area (TPSA) is 42.0 Å². The highest BCUT2D eigenvalue weighted by molar-refractivity contribution is 7.84. The van der Waals surface area contributed by atoms with E-state index in [2.05, 4.69) is 28.5 Å². The van der Waals surface area contributed by atoms with Crippen molar-refractivity contribution in [2.24, 2.45) is 0 Å². The summed E-state index contributed by atoms with van der Waals surface area (Å²) in [5.41, 5.74) is 3.40. The van der Waals surface area contributed by atoms with Crippen molar-refractivity contribution in [3.63, 3.8) is 0 Å². The lowest BCUT2D eigenvalue weighted by Gasteiger charge is -2.07. The molecule has 1 N–H and O–H groups in total. The number of benzene rings is 2. The molecule has 0 saturated carbocycles. The van der Waals surface area contributed by atoms with E-state index in [0.29, 0.717) is 6.54 Å². The average molecular weight is 322 g/mol. The predicted octanol–water partition coefficient (Wildman–Crippen LogP) is 4.10. The van der Waals surface area contributed by atoms with E-state index in [9.17, 15) is 4.21 Å². The van der Waals surface area contributed by atoms with Crippen LogP contribution >= 0.6 is 0 Å². The zero-order valence-electron chi connectivity index (χ0n) is 12.9. The van der Waals surface area contributed by atoms with Crippen molar-refractivity contribution in [1.29, 1.82) is 0 Å². The Balaban J connectivity index is 1.63. The van der Waals surface area contributed by atoms with Crippen LogP contribution < -0.4 is 5.32 Å². The van der Waals surface area contributed by atoms with E-state index < -0.39 is 10.8 Å². The van der Waals surface area contributed by atoms with Crippen molar-refractivity contribution in [3.05, 3.63) is 78.5 Å². The fourth-order valence-corrected chi connectivity index (χ4v) is 2.81. The van der Waals surface area contributed by atoms with Gasteiger partial charge in [-0.1, -0.05) is 42.5 Å². The fourth-order valence-electron chi connectivity index (χ4n) is 2.29. The molecule has 116 valence electrons. The molecular weight excluding hydrogens is 304 g/mol. The second-order valence-corrected chi connectivity index (χ2v) is 6.63. The third-order valence-electron chi connectivity index (χ3n) is 3.60. The molecule has 3 aromatic rings. The molecule has 0 spiro atoms. The molecule has 0 aliphatic heterocycles. The van der Waals surface area contributed by atoms with Gasteiger partial charge in [-0.15, -0.1) is 0 Å². The van der Waals surface area contributed by atoms with Crippen LogP contribution in [0.3, 0.4) is 0 Å². The average Bonchev–Trinajstić information content (AvgIpc) is 2.61. The molecule has 0 radical (unpaired) electrons. The van der Waals surface area contributed by atoms with Crippen LogP contribution in [0.4, 0.5) is 5.82 Å². The number of nitrogens with one attached hydrogen (secondary N) is 1. The van der Waals surface area contributed by atoms with Gasteiger partial charge in [0, 0.05) is 40.3 Å². The lowest BCUT2D eigenvalue weighted by Crippen LogP contribution is -2.01. The summed E-state index contributed by atoms with van der Waals surface area (Å²) in [6, 6.07) is 22.0. The van der Waals surface area contributed by atoms with E-state index >= 15 is 0 Å². The summed E-state index contributed by atoms with van der Waals surface area (Å²) in [5, 5.41) is 3.30. The minimum atomic E-state index is -0.931. The number of pyridine rings is 1. The maximum atomic E-state index is 11.4. The summed E-state index contributed by atoms with van der Waals surface area (Å²) in [5.74, 6) is 0.841. The highest BCUT2D eigenvalue weighted by Crippen LogP contribution is 2.19. The van der Waals surface area contributed by atoms with Gasteiger partial charge in [0.05, 0.1) is 0 Å². The summed E-state index contributed by atoms with van der Waals surface area (Å²) in [6.45, 7) is 0.689. The van der Waals surface area contributed by atoms with E-state index in [-0.39, 0.29) is 0 Å². The molecule has 0 fully saturated rings. The first-order chi connectivity index (χ1) is 11.2. The Labute approximate surface area is 138 Å². The van der Waals surface area contributed by atoms with Gasteiger partial charge >= 0.3 is 0 Å². The first-order valence-electron chi connectivity index (χ1n) is 7.40. The highest BCUT2D eigenvalue weighted by Gasteiger charge is 2.00. The lowest BCUT2D eigenvalue weighted by atomic mass is 10.1. The number of hydrogen-bond acceptors (Lipinski definition) is 3. The standard InChI is InChI=1S/C19H18N2OS/c1-23(22)18-10-7-15(8-11-18)13-20-19-12-9-17(14-21-19)16-5-3-2-4-6-16/h2-12,14H,13H2,1H3,(H,20,21). The number of rotatable bonds is 5. The first kappa shape index (κ1) is 15.4. The van der Waals surface area contributed by atoms with E-state index in [4.69, 9.17) is 0 Å². The number of nitrogens with zero attached hydrogens (tertiary/aromatic N) is 1. The lowest BCUT2D eigenvalue weighted by molar-refractivity contribution is 0.687. The monoisotopic (exact) mass is 322 g/mol. The normalized spacial score (nSPS) is 11.9. The molecule has 23 heavy (non-hydrogen) atoms. The zero-order chi connectivity index (χ0) is 16.1. The minimum Gasteiger partial charge on any atom is -0.366 e. The van der Waals surface area contributed by atoms with Gasteiger partial charge in [0.2, 0.25) is 0 Å². The second-order valence-electron chi connectivity index (χ2n) is 5.25. The Morgan fingerprint density at radius 3 is 2.26 bits per heavy atom. The number of anilines is 1. The quantitative estimate of drug-likeness (QED) is 0.769. The van der Waals surface area contributed by atoms with Crippen molar-refractivity contribution < 1.29 is 4.21 Å². The van der Waals surface area contributed by atoms with Crippen molar-refractivity contribution >= 4 is 16.6 Å². The number of hydrogen-bond donors (Lipinski definition) is 1. The van der Waals surface area contributed by atoms with Crippen LogP contribution in [0.5, 0.6) is 0 Å². The molecule has 0 bridgehead atoms. The third-order valence-corrected chi connectivity index (χ3v) is 4.54. The summed E-state index contributed by atoms with van der Waals surface area (Å²) in [6.07, 6.45) is 3.56. The molecule has 1 aromatic heterocycles. The van der Waals surface area contributed by atoms with E-state index in [1.165, 1.54) is 0 Å². The molecule has 2 aromatic carbocycles. The van der Waals surface area contributed by atoms with Crippen LogP contribution in [0.1, 0.15) is 5.56 Å². The largest absolute Gasteiger partial charge is 0.366 e. The molecule has 1 atom stereocenters. The Kier molecular flexibility index (Phi) is 4.83. The molecule has 0 saturated heterocycles. The third kappa shape index (κ3) is 4.05. The Bertz CT molecular complexity index is 784. The van der Waals surface area contributed by atoms with Gasteiger partial charge in [-0.2, -0.15) is 0 Å². The van der Waals surface area contributed by atoms with Crippen LogP contribution in [-0.2, 0) is 17.3 Å². The van der Waals surface area contributed by atoms with Gasteiger partial charge in [0.1, 0.15) is 5.82 Å². The van der Waals surface area contributed by atoms with E-state index in [1.54, 1.807) is 6.26 Å². The van der Waals surface area contributed by atoms with Gasteiger partial charge in [0.15, 0.2) is 0 Å². The van der Waals surface area contributed by atoms with Gasteiger partial charge < -0.3 is 5.32 Å². The molecular formula is C19H18N2OS. The SMILES string of the molecule is CS(=O)c1ccc(CNc2ccc(-c3ccccc3)cn2)cc1. The van der Waals surface area contributed by atoms with Crippen LogP contribution in [0, 0.1) is 0 Å². The molecule has 4 heteroatoms. The van der Waals surface area contributed by atoms with Gasteiger partial charge in [0.25, 0.3) is 0 Å². The zero-order valence-corrected chi connectivity index (χ0v) is 13.7. The summed E-state index contributed by atoms with van der Waals surface area (Å²) >= 11 is 0. The Hall–Kier alpha value is -2.46. The summed E-state index contributed by atoms with van der Waals surface area (Å²) < 4.78 is 11.4. The Morgan fingerprint density at radius 2 is 1.65 bits per heavy atom. The molecule has 1 heterocycles. The van der Waals surface area contributed by atoms with Crippen LogP contribution in [0.15, 0.2) is 77.8 Å². The van der Waals surface area contributed by atoms with Gasteiger partial charge in [-0.25, -0.2) is 4.98 Å². The van der Waals surface area contributed by atoms with Gasteiger partial charge in [-0.3, -0.25) is 4.21 Å². The molecule has 1 unspecified atom stereocenters. The van der Waals surface area contributed by atoms with Crippen molar-refractivity contribution in [2.45, 2.75) is 11.4 Å². The maximum absolute atomic E-state index is 11.4.